The molecule has 0 heterocycles. The lowest BCUT2D eigenvalue weighted by Gasteiger charge is -2.38. The van der Waals surface area contributed by atoms with Crippen molar-refractivity contribution < 1.29 is 35.0 Å². The zero-order valence-corrected chi connectivity index (χ0v) is 14.9. The number of aryl methyl sites for hydroxylation is 1. The van der Waals surface area contributed by atoms with Crippen LogP contribution in [-0.4, -0.2) is 61.7 Å². The Kier molecular flexibility index (Phi) is 7.05. The summed E-state index contributed by atoms with van der Waals surface area (Å²) in [5.41, 5.74) is -1.75. The van der Waals surface area contributed by atoms with E-state index in [1.54, 1.807) is 30.3 Å². The molecule has 0 fully saturated rings. The van der Waals surface area contributed by atoms with Crippen LogP contribution >= 0.6 is 0 Å². The number of hydrogen-bond donors (Lipinski definition) is 6. The van der Waals surface area contributed by atoms with E-state index in [2.05, 4.69) is 0 Å². The molecular weight excluding hydrogens is 355 g/mol. The molecular formula is C20H25FO6. The molecule has 6 nitrogen and oxygen atoms in total. The molecule has 0 aliphatic rings. The van der Waals surface area contributed by atoms with Crippen LogP contribution in [0.1, 0.15) is 16.7 Å². The lowest BCUT2D eigenvalue weighted by Crippen LogP contribution is -2.55. The molecule has 0 aliphatic carbocycles. The number of aliphatic hydroxyl groups is 6. The van der Waals surface area contributed by atoms with E-state index < -0.39 is 42.4 Å². The third kappa shape index (κ3) is 4.52. The fraction of sp³-hybridized carbons (Fsp3) is 0.400. The van der Waals surface area contributed by atoms with E-state index in [9.17, 15) is 29.9 Å². The predicted octanol–water partition coefficient (Wildman–Crippen LogP) is 0.000320. The van der Waals surface area contributed by atoms with Gasteiger partial charge in [0.25, 0.3) is 0 Å². The molecule has 0 aliphatic heterocycles. The second-order valence-electron chi connectivity index (χ2n) is 6.70. The largest absolute Gasteiger partial charge is 0.394 e. The number of hydrogen-bond acceptors (Lipinski definition) is 6. The van der Waals surface area contributed by atoms with Gasteiger partial charge in [0.15, 0.2) is 0 Å². The Hall–Kier alpha value is -1.87. The first-order valence-corrected chi connectivity index (χ1v) is 8.57. The van der Waals surface area contributed by atoms with Crippen molar-refractivity contribution >= 4 is 0 Å². The van der Waals surface area contributed by atoms with Gasteiger partial charge < -0.3 is 30.6 Å². The van der Waals surface area contributed by atoms with Crippen molar-refractivity contribution in [2.75, 3.05) is 6.61 Å². The van der Waals surface area contributed by atoms with Gasteiger partial charge in [-0.3, -0.25) is 0 Å². The Bertz CT molecular complexity index is 741. The van der Waals surface area contributed by atoms with Crippen molar-refractivity contribution in [3.8, 4) is 0 Å². The second-order valence-corrected chi connectivity index (χ2v) is 6.70. The van der Waals surface area contributed by atoms with Crippen molar-refractivity contribution in [2.45, 2.75) is 43.4 Å². The van der Waals surface area contributed by atoms with Crippen LogP contribution in [0.15, 0.2) is 48.5 Å². The summed E-state index contributed by atoms with van der Waals surface area (Å²) >= 11 is 0. The van der Waals surface area contributed by atoms with Crippen LogP contribution in [0.2, 0.25) is 0 Å². The molecule has 0 saturated heterocycles. The number of rotatable bonds is 8. The van der Waals surface area contributed by atoms with Crippen LogP contribution in [0.4, 0.5) is 4.39 Å². The van der Waals surface area contributed by atoms with Crippen molar-refractivity contribution in [1.29, 1.82) is 0 Å². The van der Waals surface area contributed by atoms with Crippen molar-refractivity contribution in [1.82, 2.24) is 0 Å². The topological polar surface area (TPSA) is 121 Å². The first kappa shape index (κ1) is 21.4. The van der Waals surface area contributed by atoms with E-state index in [1.165, 1.54) is 25.1 Å². The van der Waals surface area contributed by atoms with Gasteiger partial charge in [-0.1, -0.05) is 48.5 Å². The molecule has 0 spiro atoms. The summed E-state index contributed by atoms with van der Waals surface area (Å²) in [6.45, 7) is 0.635. The molecule has 6 N–H and O–H groups in total. The molecule has 0 aromatic heterocycles. The Labute approximate surface area is 156 Å². The molecule has 7 heteroatoms. The zero-order chi connectivity index (χ0) is 20.2. The van der Waals surface area contributed by atoms with Crippen molar-refractivity contribution in [3.63, 3.8) is 0 Å². The minimum atomic E-state index is -2.30. The standard InChI is InChI=1S/C20H25FO6/c1-12-6-5-9-14(16(12)21)20(27,10-13-7-3-2-4-8-13)19(26)18(25)17(24)15(23)11-22/h2-9,15,17-19,22-27H,10-11H2,1H3/t15-,17-,18+,19-,20?/m1/s1. The lowest BCUT2D eigenvalue weighted by atomic mass is 9.78. The van der Waals surface area contributed by atoms with Crippen molar-refractivity contribution in [2.24, 2.45) is 0 Å². The summed E-state index contributed by atoms with van der Waals surface area (Å²) in [6, 6.07) is 12.8. The molecule has 1 unspecified atom stereocenters. The maximum absolute atomic E-state index is 14.7. The molecule has 148 valence electrons. The highest BCUT2D eigenvalue weighted by atomic mass is 19.1. The van der Waals surface area contributed by atoms with E-state index in [1.807, 2.05) is 0 Å². The minimum Gasteiger partial charge on any atom is -0.394 e. The maximum atomic E-state index is 14.7. The Morgan fingerprint density at radius 2 is 1.56 bits per heavy atom. The summed E-state index contributed by atoms with van der Waals surface area (Å²) < 4.78 is 14.7. The monoisotopic (exact) mass is 380 g/mol. The van der Waals surface area contributed by atoms with Gasteiger partial charge >= 0.3 is 0 Å². The number of aliphatic hydroxyl groups excluding tert-OH is 5. The van der Waals surface area contributed by atoms with E-state index in [0.29, 0.717) is 5.56 Å². The molecule has 2 rings (SSSR count). The van der Waals surface area contributed by atoms with Crippen LogP contribution in [0.5, 0.6) is 0 Å². The van der Waals surface area contributed by atoms with Crippen molar-refractivity contribution in [3.05, 3.63) is 71.0 Å². The molecule has 0 radical (unpaired) electrons. The smallest absolute Gasteiger partial charge is 0.132 e. The Morgan fingerprint density at radius 3 is 2.15 bits per heavy atom. The van der Waals surface area contributed by atoms with Gasteiger partial charge in [-0.2, -0.15) is 0 Å². The number of halogens is 1. The second kappa shape index (κ2) is 8.88. The summed E-state index contributed by atoms with van der Waals surface area (Å²) in [5, 5.41) is 60.6. The summed E-state index contributed by atoms with van der Waals surface area (Å²) in [5.74, 6) is -0.751. The van der Waals surface area contributed by atoms with Gasteiger partial charge in [0.2, 0.25) is 0 Å². The first-order chi connectivity index (χ1) is 12.7. The average molecular weight is 380 g/mol. The maximum Gasteiger partial charge on any atom is 0.132 e. The molecule has 2 aromatic rings. The summed E-state index contributed by atoms with van der Waals surface area (Å²) in [7, 11) is 0. The Balaban J connectivity index is 2.50. The lowest BCUT2D eigenvalue weighted by molar-refractivity contribution is -0.177. The SMILES string of the molecule is Cc1cccc(C(O)(Cc2ccccc2)[C@H](O)[C@@H](O)[C@H](O)[C@H](O)CO)c1F. The van der Waals surface area contributed by atoms with Crippen LogP contribution < -0.4 is 0 Å². The summed E-state index contributed by atoms with van der Waals surface area (Å²) in [6.07, 6.45) is -8.03. The predicted molar refractivity (Wildman–Crippen MR) is 96.3 cm³/mol. The van der Waals surface area contributed by atoms with Crippen LogP contribution in [0.3, 0.4) is 0 Å². The third-order valence-electron chi connectivity index (χ3n) is 4.72. The molecule has 0 amide bonds. The summed E-state index contributed by atoms with van der Waals surface area (Å²) in [4.78, 5) is 0. The average Bonchev–Trinajstić information content (AvgIpc) is 2.68. The number of benzene rings is 2. The zero-order valence-electron chi connectivity index (χ0n) is 14.9. The molecule has 5 atom stereocenters. The van der Waals surface area contributed by atoms with Gasteiger partial charge in [0, 0.05) is 12.0 Å². The highest BCUT2D eigenvalue weighted by Crippen LogP contribution is 2.34. The third-order valence-corrected chi connectivity index (χ3v) is 4.72. The van der Waals surface area contributed by atoms with Crippen LogP contribution in [0, 0.1) is 12.7 Å². The van der Waals surface area contributed by atoms with E-state index in [-0.39, 0.29) is 17.5 Å². The fourth-order valence-electron chi connectivity index (χ4n) is 3.05. The molecule has 0 bridgehead atoms. The first-order valence-electron chi connectivity index (χ1n) is 8.57. The highest BCUT2D eigenvalue weighted by molar-refractivity contribution is 5.33. The molecule has 2 aromatic carbocycles. The van der Waals surface area contributed by atoms with Gasteiger partial charge in [0.1, 0.15) is 35.8 Å². The quantitative estimate of drug-likeness (QED) is 0.383. The van der Waals surface area contributed by atoms with Crippen LogP contribution in [-0.2, 0) is 12.0 Å². The van der Waals surface area contributed by atoms with E-state index in [0.717, 1.165) is 0 Å². The molecule has 27 heavy (non-hydrogen) atoms. The highest BCUT2D eigenvalue weighted by Gasteiger charge is 2.46. The normalized spacial score (nSPS) is 18.4. The van der Waals surface area contributed by atoms with Gasteiger partial charge in [-0.25, -0.2) is 4.39 Å². The van der Waals surface area contributed by atoms with Gasteiger partial charge in [-0.05, 0) is 18.1 Å². The van der Waals surface area contributed by atoms with Gasteiger partial charge in [-0.15, -0.1) is 0 Å². The Morgan fingerprint density at radius 1 is 0.926 bits per heavy atom. The van der Waals surface area contributed by atoms with E-state index in [4.69, 9.17) is 5.11 Å². The van der Waals surface area contributed by atoms with Gasteiger partial charge in [0.05, 0.1) is 6.61 Å². The fourth-order valence-corrected chi connectivity index (χ4v) is 3.05. The van der Waals surface area contributed by atoms with E-state index >= 15 is 0 Å². The minimum absolute atomic E-state index is 0.233. The molecule has 0 saturated carbocycles. The van der Waals surface area contributed by atoms with Crippen LogP contribution in [0.25, 0.3) is 0 Å².